The fourth-order valence-corrected chi connectivity index (χ4v) is 3.29. The first kappa shape index (κ1) is 13.9. The van der Waals surface area contributed by atoms with Gasteiger partial charge >= 0.3 is 0 Å². The van der Waals surface area contributed by atoms with E-state index in [2.05, 4.69) is 39.3 Å². The average Bonchev–Trinajstić information content (AvgIpc) is 3.02. The standard InChI is InChI=1S/C20H15N5/c1-12-3-2-4-13(9-12)23-20-18-14-10-21-7-5-16(14)24-19(18)15-11-22-8-6-17(15)25-20/h2-11,24H,1H3,(H,23,25). The first-order valence-corrected chi connectivity index (χ1v) is 8.12. The molecule has 0 spiro atoms. The molecule has 1 aromatic carbocycles. The van der Waals surface area contributed by atoms with Crippen LogP contribution in [-0.2, 0) is 0 Å². The lowest BCUT2D eigenvalue weighted by Crippen LogP contribution is -1.96. The number of fused-ring (bicyclic) bond motifs is 5. The third kappa shape index (κ3) is 2.21. The van der Waals surface area contributed by atoms with Crippen molar-refractivity contribution in [3.05, 3.63) is 66.7 Å². The summed E-state index contributed by atoms with van der Waals surface area (Å²) in [5.41, 5.74) is 5.18. The number of aryl methyl sites for hydroxylation is 1. The van der Waals surface area contributed by atoms with Crippen molar-refractivity contribution in [3.63, 3.8) is 0 Å². The molecule has 2 N–H and O–H groups in total. The highest BCUT2D eigenvalue weighted by molar-refractivity contribution is 6.20. The summed E-state index contributed by atoms with van der Waals surface area (Å²) < 4.78 is 0. The van der Waals surface area contributed by atoms with Crippen LogP contribution < -0.4 is 5.32 Å². The summed E-state index contributed by atoms with van der Waals surface area (Å²) in [4.78, 5) is 16.9. The van der Waals surface area contributed by atoms with E-state index in [1.165, 1.54) is 5.56 Å². The van der Waals surface area contributed by atoms with Crippen molar-refractivity contribution >= 4 is 44.2 Å². The van der Waals surface area contributed by atoms with Gasteiger partial charge in [0.15, 0.2) is 0 Å². The van der Waals surface area contributed by atoms with Crippen LogP contribution in [-0.4, -0.2) is 19.9 Å². The molecule has 120 valence electrons. The smallest absolute Gasteiger partial charge is 0.141 e. The van der Waals surface area contributed by atoms with Gasteiger partial charge in [-0.05, 0) is 36.8 Å². The second-order valence-electron chi connectivity index (χ2n) is 6.14. The molecular weight excluding hydrogens is 310 g/mol. The number of hydrogen-bond donors (Lipinski definition) is 2. The predicted octanol–water partition coefficient (Wildman–Crippen LogP) is 4.71. The Bertz CT molecular complexity index is 1240. The number of aromatic nitrogens is 4. The van der Waals surface area contributed by atoms with Gasteiger partial charge in [0, 0.05) is 46.8 Å². The number of nitrogens with zero attached hydrogens (tertiary/aromatic N) is 3. The Morgan fingerprint density at radius 2 is 1.80 bits per heavy atom. The first-order valence-electron chi connectivity index (χ1n) is 8.12. The van der Waals surface area contributed by atoms with Gasteiger partial charge < -0.3 is 10.3 Å². The molecule has 0 aliphatic rings. The minimum absolute atomic E-state index is 0.818. The Labute approximate surface area is 143 Å². The zero-order valence-corrected chi connectivity index (χ0v) is 13.6. The SMILES string of the molecule is Cc1cccc(Nc2nc3ccncc3c3[nH]c4ccncc4c23)c1. The molecule has 0 aliphatic heterocycles. The summed E-state index contributed by atoms with van der Waals surface area (Å²) in [5.74, 6) is 0.818. The maximum Gasteiger partial charge on any atom is 0.141 e. The van der Waals surface area contributed by atoms with Gasteiger partial charge in [0.1, 0.15) is 5.82 Å². The fourth-order valence-electron chi connectivity index (χ4n) is 3.29. The molecule has 4 heterocycles. The van der Waals surface area contributed by atoms with Gasteiger partial charge in [-0.25, -0.2) is 4.98 Å². The Morgan fingerprint density at radius 1 is 0.960 bits per heavy atom. The first-order chi connectivity index (χ1) is 12.3. The van der Waals surface area contributed by atoms with Gasteiger partial charge in [-0.15, -0.1) is 0 Å². The number of benzene rings is 1. The summed E-state index contributed by atoms with van der Waals surface area (Å²) in [6, 6.07) is 12.2. The Balaban J connectivity index is 1.86. The van der Waals surface area contributed by atoms with Crippen LogP contribution in [0.25, 0.3) is 32.7 Å². The van der Waals surface area contributed by atoms with E-state index in [1.807, 2.05) is 36.7 Å². The van der Waals surface area contributed by atoms with E-state index in [-0.39, 0.29) is 0 Å². The molecule has 0 saturated heterocycles. The van der Waals surface area contributed by atoms with Crippen LogP contribution in [0.3, 0.4) is 0 Å². The third-order valence-electron chi connectivity index (χ3n) is 4.42. The highest BCUT2D eigenvalue weighted by Gasteiger charge is 2.14. The van der Waals surface area contributed by atoms with Gasteiger partial charge in [-0.2, -0.15) is 0 Å². The molecule has 0 atom stereocenters. The normalized spacial score (nSPS) is 11.4. The molecule has 5 nitrogen and oxygen atoms in total. The molecule has 0 fully saturated rings. The topological polar surface area (TPSA) is 66.5 Å². The minimum Gasteiger partial charge on any atom is -0.354 e. The van der Waals surface area contributed by atoms with Crippen LogP contribution in [0.15, 0.2) is 61.2 Å². The monoisotopic (exact) mass is 325 g/mol. The highest BCUT2D eigenvalue weighted by atomic mass is 15.0. The average molecular weight is 325 g/mol. The molecular formula is C20H15N5. The van der Waals surface area contributed by atoms with Crippen LogP contribution in [0.5, 0.6) is 0 Å². The minimum atomic E-state index is 0.818. The zero-order chi connectivity index (χ0) is 16.8. The molecule has 4 aromatic heterocycles. The van der Waals surface area contributed by atoms with E-state index in [0.29, 0.717) is 0 Å². The molecule has 0 bridgehead atoms. The van der Waals surface area contributed by atoms with Crippen LogP contribution in [0.1, 0.15) is 5.56 Å². The molecule has 0 amide bonds. The van der Waals surface area contributed by atoms with Crippen LogP contribution in [0.4, 0.5) is 11.5 Å². The number of anilines is 2. The van der Waals surface area contributed by atoms with Crippen molar-refractivity contribution in [2.45, 2.75) is 6.92 Å². The van der Waals surface area contributed by atoms with Crippen LogP contribution in [0.2, 0.25) is 0 Å². The lowest BCUT2D eigenvalue weighted by Gasteiger charge is -2.10. The Kier molecular flexibility index (Phi) is 2.94. The van der Waals surface area contributed by atoms with Crippen LogP contribution in [0, 0.1) is 6.92 Å². The summed E-state index contributed by atoms with van der Waals surface area (Å²) >= 11 is 0. The number of hydrogen-bond acceptors (Lipinski definition) is 4. The maximum atomic E-state index is 4.85. The molecule has 5 heteroatoms. The van der Waals surface area contributed by atoms with Crippen molar-refractivity contribution in [2.24, 2.45) is 0 Å². The lowest BCUT2D eigenvalue weighted by atomic mass is 10.1. The number of nitrogens with one attached hydrogen (secondary N) is 2. The number of aromatic amines is 1. The molecule has 0 aliphatic carbocycles. The van der Waals surface area contributed by atoms with Crippen molar-refractivity contribution < 1.29 is 0 Å². The van der Waals surface area contributed by atoms with E-state index < -0.39 is 0 Å². The molecule has 0 radical (unpaired) electrons. The molecule has 0 saturated carbocycles. The second-order valence-corrected chi connectivity index (χ2v) is 6.14. The largest absolute Gasteiger partial charge is 0.354 e. The molecule has 5 aromatic rings. The van der Waals surface area contributed by atoms with Crippen molar-refractivity contribution in [1.82, 2.24) is 19.9 Å². The van der Waals surface area contributed by atoms with E-state index in [4.69, 9.17) is 4.98 Å². The van der Waals surface area contributed by atoms with Gasteiger partial charge in [0.05, 0.1) is 16.4 Å². The third-order valence-corrected chi connectivity index (χ3v) is 4.42. The van der Waals surface area contributed by atoms with Gasteiger partial charge in [0.2, 0.25) is 0 Å². The number of rotatable bonds is 2. The van der Waals surface area contributed by atoms with E-state index in [1.54, 1.807) is 12.4 Å². The quantitative estimate of drug-likeness (QED) is 0.493. The van der Waals surface area contributed by atoms with Crippen LogP contribution >= 0.6 is 0 Å². The molecule has 25 heavy (non-hydrogen) atoms. The maximum absolute atomic E-state index is 4.85. The molecule has 5 rings (SSSR count). The summed E-state index contributed by atoms with van der Waals surface area (Å²) in [5, 5.41) is 6.56. The van der Waals surface area contributed by atoms with Crippen molar-refractivity contribution in [2.75, 3.05) is 5.32 Å². The summed E-state index contributed by atoms with van der Waals surface area (Å²) in [6.45, 7) is 2.08. The zero-order valence-electron chi connectivity index (χ0n) is 13.6. The summed E-state index contributed by atoms with van der Waals surface area (Å²) in [6.07, 6.45) is 7.28. The fraction of sp³-hybridized carbons (Fsp3) is 0.0500. The van der Waals surface area contributed by atoms with E-state index in [0.717, 1.165) is 44.2 Å². The van der Waals surface area contributed by atoms with E-state index in [9.17, 15) is 0 Å². The lowest BCUT2D eigenvalue weighted by molar-refractivity contribution is 1.33. The number of H-pyrrole nitrogens is 1. The number of pyridine rings is 3. The summed E-state index contributed by atoms with van der Waals surface area (Å²) in [7, 11) is 0. The van der Waals surface area contributed by atoms with Crippen molar-refractivity contribution in [3.8, 4) is 0 Å². The Morgan fingerprint density at radius 3 is 2.68 bits per heavy atom. The van der Waals surface area contributed by atoms with Gasteiger partial charge in [0.25, 0.3) is 0 Å². The van der Waals surface area contributed by atoms with Crippen molar-refractivity contribution in [1.29, 1.82) is 0 Å². The predicted molar refractivity (Wildman–Crippen MR) is 101 cm³/mol. The van der Waals surface area contributed by atoms with Gasteiger partial charge in [-0.1, -0.05) is 12.1 Å². The highest BCUT2D eigenvalue weighted by Crippen LogP contribution is 2.35. The molecule has 0 unspecified atom stereocenters. The van der Waals surface area contributed by atoms with Gasteiger partial charge in [-0.3, -0.25) is 9.97 Å². The second kappa shape index (κ2) is 5.27. The van der Waals surface area contributed by atoms with E-state index >= 15 is 0 Å². The Hall–Kier alpha value is -3.47.